The minimum absolute atomic E-state index is 0.00273. The number of hydrogen-bond donors (Lipinski definition) is 3. The lowest BCUT2D eigenvalue weighted by Gasteiger charge is -2.58. The topological polar surface area (TPSA) is 103 Å². The standard InChI is InChI=1S/C25H35N3O4S2/c1-5-28(6-2)20(31)12-15-21-17(34-23(26-21)27-22(32)16-8-7-11-33-16)13-18-24(15,3)10-9-19(30)25(18,4)14-29/h7-8,11,15,18-19,29-30H,5-6,9-10,12-14H2,1-4H3,(H,26,27,32). The number of amides is 2. The van der Waals surface area contributed by atoms with Crippen LogP contribution in [0.4, 0.5) is 5.13 Å². The fourth-order valence-electron chi connectivity index (χ4n) is 6.15. The number of nitrogens with zero attached hydrogens (tertiary/aromatic N) is 2. The van der Waals surface area contributed by atoms with Crippen LogP contribution in [0.25, 0.3) is 0 Å². The van der Waals surface area contributed by atoms with Gasteiger partial charge in [-0.1, -0.05) is 19.9 Å². The highest BCUT2D eigenvalue weighted by Gasteiger charge is 2.59. The van der Waals surface area contributed by atoms with Crippen LogP contribution in [0.1, 0.15) is 73.1 Å². The fraction of sp³-hybridized carbons (Fsp3) is 0.640. The van der Waals surface area contributed by atoms with Crippen LogP contribution in [-0.4, -0.2) is 57.7 Å². The van der Waals surface area contributed by atoms with Gasteiger partial charge in [-0.25, -0.2) is 4.98 Å². The van der Waals surface area contributed by atoms with Crippen LogP contribution in [0, 0.1) is 16.7 Å². The summed E-state index contributed by atoms with van der Waals surface area (Å²) in [5.74, 6) is -0.235. The Morgan fingerprint density at radius 2 is 2.03 bits per heavy atom. The second kappa shape index (κ2) is 9.68. The molecule has 0 aliphatic heterocycles. The van der Waals surface area contributed by atoms with Crippen molar-refractivity contribution >= 4 is 39.6 Å². The Bertz CT molecular complexity index is 1040. The molecule has 2 aromatic heterocycles. The number of nitrogens with one attached hydrogen (secondary N) is 1. The summed E-state index contributed by atoms with van der Waals surface area (Å²) in [4.78, 5) is 34.3. The Kier molecular flexibility index (Phi) is 7.20. The third-order valence-corrected chi connectivity index (χ3v) is 10.2. The molecule has 1 fully saturated rings. The zero-order valence-corrected chi connectivity index (χ0v) is 22.0. The lowest BCUT2D eigenvalue weighted by molar-refractivity contribution is -0.147. The number of aromatic nitrogens is 1. The zero-order chi connectivity index (χ0) is 24.7. The van der Waals surface area contributed by atoms with Gasteiger partial charge in [0.25, 0.3) is 5.91 Å². The van der Waals surface area contributed by atoms with E-state index in [-0.39, 0.29) is 35.7 Å². The largest absolute Gasteiger partial charge is 0.396 e. The molecule has 186 valence electrons. The lowest BCUT2D eigenvalue weighted by Crippen LogP contribution is -2.57. The molecule has 5 unspecified atom stereocenters. The minimum atomic E-state index is -0.661. The molecule has 7 nitrogen and oxygen atoms in total. The van der Waals surface area contributed by atoms with Gasteiger partial charge in [-0.2, -0.15) is 0 Å². The zero-order valence-electron chi connectivity index (χ0n) is 20.3. The van der Waals surface area contributed by atoms with E-state index in [1.165, 1.54) is 22.7 Å². The van der Waals surface area contributed by atoms with Crippen LogP contribution >= 0.6 is 22.7 Å². The highest BCUT2D eigenvalue weighted by molar-refractivity contribution is 7.16. The Morgan fingerprint density at radius 3 is 2.65 bits per heavy atom. The molecular weight excluding hydrogens is 470 g/mol. The van der Waals surface area contributed by atoms with Crippen molar-refractivity contribution in [3.8, 4) is 0 Å². The average Bonchev–Trinajstić information content (AvgIpc) is 3.49. The number of rotatable bonds is 7. The van der Waals surface area contributed by atoms with Gasteiger partial charge in [0.2, 0.25) is 5.91 Å². The van der Waals surface area contributed by atoms with E-state index < -0.39 is 11.5 Å². The summed E-state index contributed by atoms with van der Waals surface area (Å²) in [5.41, 5.74) is -0.0660. The van der Waals surface area contributed by atoms with E-state index in [0.29, 0.717) is 42.4 Å². The van der Waals surface area contributed by atoms with Gasteiger partial charge in [0.05, 0.1) is 23.3 Å². The van der Waals surface area contributed by atoms with E-state index in [1.807, 2.05) is 37.1 Å². The maximum absolute atomic E-state index is 13.3. The number of thiophene rings is 1. The predicted octanol–water partition coefficient (Wildman–Crippen LogP) is 4.13. The normalized spacial score (nSPS) is 30.4. The molecule has 0 spiro atoms. The van der Waals surface area contributed by atoms with E-state index in [9.17, 15) is 19.8 Å². The van der Waals surface area contributed by atoms with E-state index >= 15 is 0 Å². The van der Waals surface area contributed by atoms with Gasteiger partial charge in [-0.05, 0) is 55.9 Å². The van der Waals surface area contributed by atoms with Crippen LogP contribution in [0.2, 0.25) is 0 Å². The molecule has 1 saturated carbocycles. The first-order valence-corrected chi connectivity index (χ1v) is 13.8. The molecule has 2 amide bonds. The van der Waals surface area contributed by atoms with Crippen LogP contribution in [0.5, 0.6) is 0 Å². The summed E-state index contributed by atoms with van der Waals surface area (Å²) in [5, 5.41) is 26.6. The first-order valence-electron chi connectivity index (χ1n) is 12.1. The molecule has 3 N–H and O–H groups in total. The van der Waals surface area contributed by atoms with Crippen molar-refractivity contribution in [2.45, 2.75) is 65.4 Å². The van der Waals surface area contributed by atoms with Gasteiger partial charge in [0.1, 0.15) is 0 Å². The number of thiazole rings is 1. The van der Waals surface area contributed by atoms with E-state index in [0.717, 1.165) is 17.0 Å². The van der Waals surface area contributed by atoms with Gasteiger partial charge in [0.15, 0.2) is 5.13 Å². The van der Waals surface area contributed by atoms with E-state index in [1.54, 1.807) is 6.07 Å². The number of anilines is 1. The first-order chi connectivity index (χ1) is 16.2. The molecule has 2 heterocycles. The summed E-state index contributed by atoms with van der Waals surface area (Å²) in [6, 6.07) is 3.62. The number of aliphatic hydroxyl groups excluding tert-OH is 2. The van der Waals surface area contributed by atoms with Crippen LogP contribution in [-0.2, 0) is 11.2 Å². The SMILES string of the molecule is CCN(CC)C(=O)CC1c2nc(NC(=O)c3cccs3)sc2CC2C(C)(CO)C(O)CCC12C. The summed E-state index contributed by atoms with van der Waals surface area (Å²) in [7, 11) is 0. The number of fused-ring (bicyclic) bond motifs is 2. The van der Waals surface area contributed by atoms with Crippen molar-refractivity contribution < 1.29 is 19.8 Å². The van der Waals surface area contributed by atoms with E-state index in [2.05, 4.69) is 12.2 Å². The van der Waals surface area contributed by atoms with Gasteiger partial charge < -0.3 is 15.1 Å². The van der Waals surface area contributed by atoms with Crippen molar-refractivity contribution in [2.24, 2.45) is 16.7 Å². The Balaban J connectivity index is 1.74. The van der Waals surface area contributed by atoms with Crippen molar-refractivity contribution in [3.05, 3.63) is 33.0 Å². The van der Waals surface area contributed by atoms with Crippen LogP contribution in [0.15, 0.2) is 17.5 Å². The molecule has 5 atom stereocenters. The molecule has 2 aromatic rings. The third kappa shape index (κ3) is 4.21. The van der Waals surface area contributed by atoms with Gasteiger partial charge in [0, 0.05) is 35.7 Å². The summed E-state index contributed by atoms with van der Waals surface area (Å²) >= 11 is 2.83. The molecule has 9 heteroatoms. The van der Waals surface area contributed by atoms with Crippen LogP contribution in [0.3, 0.4) is 0 Å². The quantitative estimate of drug-likeness (QED) is 0.525. The Morgan fingerprint density at radius 1 is 1.29 bits per heavy atom. The smallest absolute Gasteiger partial charge is 0.267 e. The van der Waals surface area contributed by atoms with Crippen molar-refractivity contribution in [2.75, 3.05) is 25.0 Å². The Labute approximate surface area is 209 Å². The number of aliphatic hydroxyl groups is 2. The van der Waals surface area contributed by atoms with Gasteiger partial charge in [-0.15, -0.1) is 22.7 Å². The minimum Gasteiger partial charge on any atom is -0.396 e. The molecular formula is C25H35N3O4S2. The highest BCUT2D eigenvalue weighted by atomic mass is 32.1. The lowest BCUT2D eigenvalue weighted by atomic mass is 9.47. The number of carbonyl (C=O) groups is 2. The summed E-state index contributed by atoms with van der Waals surface area (Å²) < 4.78 is 0. The first kappa shape index (κ1) is 25.3. The second-order valence-electron chi connectivity index (χ2n) is 10.1. The van der Waals surface area contributed by atoms with Crippen molar-refractivity contribution in [1.29, 1.82) is 0 Å². The number of hydrogen-bond acceptors (Lipinski definition) is 7. The maximum Gasteiger partial charge on any atom is 0.267 e. The van der Waals surface area contributed by atoms with Gasteiger partial charge >= 0.3 is 0 Å². The Hall–Kier alpha value is -1.81. The number of carbonyl (C=O) groups excluding carboxylic acids is 2. The third-order valence-electron chi connectivity index (χ3n) is 8.35. The predicted molar refractivity (Wildman–Crippen MR) is 135 cm³/mol. The molecule has 2 aliphatic carbocycles. The van der Waals surface area contributed by atoms with Gasteiger partial charge in [-0.3, -0.25) is 14.9 Å². The molecule has 0 radical (unpaired) electrons. The fourth-order valence-corrected chi connectivity index (χ4v) is 7.83. The second-order valence-corrected chi connectivity index (χ2v) is 12.1. The molecule has 4 rings (SSSR count). The van der Waals surface area contributed by atoms with Crippen LogP contribution < -0.4 is 5.32 Å². The van der Waals surface area contributed by atoms with E-state index in [4.69, 9.17) is 4.98 Å². The maximum atomic E-state index is 13.3. The van der Waals surface area contributed by atoms with Crippen molar-refractivity contribution in [1.82, 2.24) is 9.88 Å². The molecule has 2 aliphatic rings. The molecule has 34 heavy (non-hydrogen) atoms. The van der Waals surface area contributed by atoms with Crippen molar-refractivity contribution in [3.63, 3.8) is 0 Å². The average molecular weight is 506 g/mol. The highest BCUT2D eigenvalue weighted by Crippen LogP contribution is 2.62. The monoisotopic (exact) mass is 505 g/mol. The molecule has 0 bridgehead atoms. The molecule has 0 aromatic carbocycles. The molecule has 0 saturated heterocycles. The summed E-state index contributed by atoms with van der Waals surface area (Å²) in [6.07, 6.45) is 1.76. The summed E-state index contributed by atoms with van der Waals surface area (Å²) in [6.45, 7) is 9.33.